The maximum atomic E-state index is 11.7. The van der Waals surface area contributed by atoms with E-state index in [2.05, 4.69) is 0 Å². The summed E-state index contributed by atoms with van der Waals surface area (Å²) in [5.41, 5.74) is 0. The molecule has 1 aromatic heterocycles. The minimum Gasteiger partial charge on any atom is -0.300 e. The third-order valence-corrected chi connectivity index (χ3v) is 4.96. The van der Waals surface area contributed by atoms with Crippen molar-refractivity contribution in [2.45, 2.75) is 5.25 Å². The molecule has 0 spiro atoms. The van der Waals surface area contributed by atoms with Crippen LogP contribution < -0.4 is 0 Å². The Balaban J connectivity index is 2.09. The van der Waals surface area contributed by atoms with Crippen molar-refractivity contribution in [3.63, 3.8) is 0 Å². The number of carbonyl (C=O) groups excluding carboxylic acids is 1. The van der Waals surface area contributed by atoms with Gasteiger partial charge in [0.05, 0.1) is 4.92 Å². The molecule has 1 unspecified atom stereocenters. The van der Waals surface area contributed by atoms with Gasteiger partial charge in [0.15, 0.2) is 0 Å². The van der Waals surface area contributed by atoms with Gasteiger partial charge in [-0.1, -0.05) is 41.4 Å². The molecule has 94 valence electrons. The number of thiocarbonyl (C=S) groups is 1. The Morgan fingerprint density at radius 3 is 2.78 bits per heavy atom. The fourth-order valence-corrected chi connectivity index (χ4v) is 3.37. The Morgan fingerprint density at radius 2 is 2.28 bits per heavy atom. The van der Waals surface area contributed by atoms with Crippen molar-refractivity contribution >= 4 is 56.6 Å². The molecule has 0 bridgehead atoms. The number of hydrogen-bond donors (Lipinski definition) is 0. The zero-order valence-electron chi connectivity index (χ0n) is 9.23. The lowest BCUT2D eigenvalue weighted by atomic mass is 10.3. The quantitative estimate of drug-likeness (QED) is 0.487. The third kappa shape index (κ3) is 2.60. The highest BCUT2D eigenvalue weighted by molar-refractivity contribution is 8.24. The molecule has 2 rings (SSSR count). The number of thioether (sulfide) groups is 1. The van der Waals surface area contributed by atoms with Gasteiger partial charge in [-0.25, -0.2) is 0 Å². The van der Waals surface area contributed by atoms with Crippen molar-refractivity contribution < 1.29 is 9.72 Å². The van der Waals surface area contributed by atoms with Crippen LogP contribution >= 0.6 is 35.3 Å². The summed E-state index contributed by atoms with van der Waals surface area (Å²) in [5, 5.41) is 10.3. The number of carbonyl (C=O) groups is 1. The first-order valence-corrected chi connectivity index (χ1v) is 7.00. The Labute approximate surface area is 117 Å². The van der Waals surface area contributed by atoms with Crippen LogP contribution in [0, 0.1) is 10.1 Å². The topological polar surface area (TPSA) is 63.5 Å². The van der Waals surface area contributed by atoms with E-state index in [1.165, 1.54) is 22.7 Å². The number of rotatable bonds is 3. The predicted molar refractivity (Wildman–Crippen MR) is 76.8 cm³/mol. The maximum absolute atomic E-state index is 11.7. The lowest BCUT2D eigenvalue weighted by molar-refractivity contribution is -0.380. The van der Waals surface area contributed by atoms with Crippen LogP contribution in [0.15, 0.2) is 18.2 Å². The van der Waals surface area contributed by atoms with Gasteiger partial charge in [0.1, 0.15) is 9.57 Å². The van der Waals surface area contributed by atoms with Crippen LogP contribution in [0.1, 0.15) is 4.88 Å². The number of nitro groups is 1. The molecule has 5 nitrogen and oxygen atoms in total. The van der Waals surface area contributed by atoms with Crippen molar-refractivity contribution in [2.75, 3.05) is 7.05 Å². The summed E-state index contributed by atoms with van der Waals surface area (Å²) in [6, 6.07) is 3.11. The molecule has 1 aliphatic rings. The summed E-state index contributed by atoms with van der Waals surface area (Å²) < 4.78 is 0.548. The van der Waals surface area contributed by atoms with Crippen molar-refractivity contribution in [3.8, 4) is 0 Å². The van der Waals surface area contributed by atoms with E-state index in [0.29, 0.717) is 4.32 Å². The van der Waals surface area contributed by atoms with Crippen molar-refractivity contribution in [2.24, 2.45) is 0 Å². The van der Waals surface area contributed by atoms with E-state index in [1.54, 1.807) is 25.3 Å². The van der Waals surface area contributed by atoms with Crippen LogP contribution in [-0.2, 0) is 4.79 Å². The fourth-order valence-electron chi connectivity index (χ4n) is 1.35. The van der Waals surface area contributed by atoms with Gasteiger partial charge in [-0.15, -0.1) is 0 Å². The summed E-state index contributed by atoms with van der Waals surface area (Å²) in [6.45, 7) is 0. The normalized spacial score (nSPS) is 20.1. The molecule has 0 N–H and O–H groups in total. The molecule has 1 saturated heterocycles. The van der Waals surface area contributed by atoms with Crippen LogP contribution in [0.25, 0.3) is 6.08 Å². The van der Waals surface area contributed by atoms with E-state index in [0.717, 1.165) is 16.2 Å². The molecule has 1 amide bonds. The number of hydrogen-bond acceptors (Lipinski definition) is 6. The Kier molecular flexibility index (Phi) is 3.79. The molecule has 18 heavy (non-hydrogen) atoms. The third-order valence-electron chi connectivity index (χ3n) is 2.30. The average molecular weight is 300 g/mol. The van der Waals surface area contributed by atoms with Gasteiger partial charge in [-0.05, 0) is 12.1 Å². The van der Waals surface area contributed by atoms with Gasteiger partial charge in [0.2, 0.25) is 5.91 Å². The monoisotopic (exact) mass is 300 g/mol. The highest BCUT2D eigenvalue weighted by atomic mass is 32.2. The zero-order chi connectivity index (χ0) is 13.3. The van der Waals surface area contributed by atoms with Gasteiger partial charge in [0, 0.05) is 18.0 Å². The summed E-state index contributed by atoms with van der Waals surface area (Å²) in [5.74, 6) is -0.0627. The molecular weight excluding hydrogens is 292 g/mol. The van der Waals surface area contributed by atoms with Crippen LogP contribution in [0.5, 0.6) is 0 Å². The largest absolute Gasteiger partial charge is 0.324 e. The zero-order valence-corrected chi connectivity index (χ0v) is 11.7. The standard InChI is InChI=1S/C10H8N2O3S3/c1-11-9(13)7(18-10(11)16)4-2-6-3-5-8(17-6)12(14)15/h2-5,7H,1H3. The highest BCUT2D eigenvalue weighted by Crippen LogP contribution is 2.29. The lowest BCUT2D eigenvalue weighted by Gasteiger charge is -2.04. The van der Waals surface area contributed by atoms with E-state index in [-0.39, 0.29) is 16.2 Å². The minimum atomic E-state index is -0.430. The molecular formula is C10H8N2O3S3. The minimum absolute atomic E-state index is 0.0627. The van der Waals surface area contributed by atoms with Crippen molar-refractivity contribution in [1.82, 2.24) is 4.90 Å². The van der Waals surface area contributed by atoms with Crippen molar-refractivity contribution in [3.05, 3.63) is 33.2 Å². The number of nitrogens with zero attached hydrogens (tertiary/aromatic N) is 2. The summed E-state index contributed by atoms with van der Waals surface area (Å²) >= 11 is 7.39. The smallest absolute Gasteiger partial charge is 0.300 e. The van der Waals surface area contributed by atoms with Gasteiger partial charge in [0.25, 0.3) is 0 Å². The molecule has 0 radical (unpaired) electrons. The molecule has 1 aliphatic heterocycles. The van der Waals surface area contributed by atoms with Gasteiger partial charge >= 0.3 is 5.00 Å². The molecule has 0 aromatic carbocycles. The Hall–Kier alpha value is -1.25. The average Bonchev–Trinajstić information content (AvgIpc) is 2.88. The van der Waals surface area contributed by atoms with E-state index >= 15 is 0 Å². The first-order chi connectivity index (χ1) is 8.49. The lowest BCUT2D eigenvalue weighted by Crippen LogP contribution is -2.26. The maximum Gasteiger partial charge on any atom is 0.324 e. The van der Waals surface area contributed by atoms with E-state index < -0.39 is 4.92 Å². The summed E-state index contributed by atoms with van der Waals surface area (Å²) in [6.07, 6.45) is 3.44. The van der Waals surface area contributed by atoms with E-state index in [9.17, 15) is 14.9 Å². The van der Waals surface area contributed by atoms with Crippen LogP contribution in [0.4, 0.5) is 5.00 Å². The first-order valence-electron chi connectivity index (χ1n) is 4.89. The first kappa shape index (κ1) is 13.2. The second kappa shape index (κ2) is 5.17. The molecule has 0 saturated carbocycles. The molecule has 2 heterocycles. The summed E-state index contributed by atoms with van der Waals surface area (Å²) in [7, 11) is 1.64. The molecule has 0 aliphatic carbocycles. The predicted octanol–water partition coefficient (Wildman–Crippen LogP) is 2.53. The second-order valence-electron chi connectivity index (χ2n) is 3.49. The molecule has 8 heteroatoms. The van der Waals surface area contributed by atoms with Crippen molar-refractivity contribution in [1.29, 1.82) is 0 Å². The van der Waals surface area contributed by atoms with Crippen LogP contribution in [0.2, 0.25) is 0 Å². The van der Waals surface area contributed by atoms with E-state index in [4.69, 9.17) is 12.2 Å². The Morgan fingerprint density at radius 1 is 1.56 bits per heavy atom. The molecule has 1 aromatic rings. The number of thiophene rings is 1. The Bertz CT molecular complexity index is 552. The van der Waals surface area contributed by atoms with E-state index in [1.807, 2.05) is 0 Å². The van der Waals surface area contributed by atoms with Gasteiger partial charge < -0.3 is 0 Å². The van der Waals surface area contributed by atoms with Crippen LogP contribution in [-0.4, -0.2) is 32.3 Å². The molecule has 1 fully saturated rings. The van der Waals surface area contributed by atoms with Gasteiger partial charge in [-0.2, -0.15) is 0 Å². The number of amides is 1. The fraction of sp³-hybridized carbons (Fsp3) is 0.200. The molecule has 1 atom stereocenters. The van der Waals surface area contributed by atoms with Crippen LogP contribution in [0.3, 0.4) is 0 Å². The highest BCUT2D eigenvalue weighted by Gasteiger charge is 2.32. The van der Waals surface area contributed by atoms with Gasteiger partial charge in [-0.3, -0.25) is 19.8 Å². The second-order valence-corrected chi connectivity index (χ2v) is 6.36. The SMILES string of the molecule is CN1C(=O)C(C=Cc2ccc([N+](=O)[O-])s2)SC1=S. The summed E-state index contributed by atoms with van der Waals surface area (Å²) in [4.78, 5) is 24.0.